The van der Waals surface area contributed by atoms with Crippen LogP contribution in [0.4, 0.5) is 0 Å². The normalized spacial score (nSPS) is 15.6. The Bertz CT molecular complexity index is 146. The fourth-order valence-electron chi connectivity index (χ4n) is 2.72. The second-order valence-corrected chi connectivity index (χ2v) is 7.03. The minimum Gasteiger partial charge on any atom is -0.331 e. The first kappa shape index (κ1) is 33.5. The molecule has 164 valence electrons. The topological polar surface area (TPSA) is 52.0 Å². The summed E-state index contributed by atoms with van der Waals surface area (Å²) in [6, 6.07) is 0. The van der Waals surface area contributed by atoms with Crippen molar-refractivity contribution in [2.75, 3.05) is 13.1 Å². The molecule has 2 rings (SSSR count). The van der Waals surface area contributed by atoms with Crippen LogP contribution in [0.5, 0.6) is 0 Å². The van der Waals surface area contributed by atoms with Crippen LogP contribution in [0.15, 0.2) is 0 Å². The van der Waals surface area contributed by atoms with Crippen LogP contribution in [0.1, 0.15) is 138 Å². The van der Waals surface area contributed by atoms with Gasteiger partial charge in [0.25, 0.3) is 0 Å². The molecule has 0 spiro atoms. The van der Waals surface area contributed by atoms with Crippen molar-refractivity contribution in [1.29, 1.82) is 0 Å². The van der Waals surface area contributed by atoms with E-state index in [1.165, 1.54) is 89.9 Å². The summed E-state index contributed by atoms with van der Waals surface area (Å²) < 4.78 is 0. The molecule has 0 aromatic rings. The maximum absolute atomic E-state index is 4.85. The Morgan fingerprint density at radius 1 is 0.577 bits per heavy atom. The third kappa shape index (κ3) is 49.6. The molecule has 0 aromatic carbocycles. The van der Waals surface area contributed by atoms with Crippen LogP contribution in [-0.4, -0.2) is 13.1 Å². The summed E-state index contributed by atoms with van der Waals surface area (Å²) in [5.41, 5.74) is 9.69. The molecule has 0 atom stereocenters. The van der Waals surface area contributed by atoms with Crippen molar-refractivity contribution >= 4 is 0 Å². The lowest BCUT2D eigenvalue weighted by Gasteiger charge is -2.15. The quantitative estimate of drug-likeness (QED) is 0.513. The molecule has 2 heteroatoms. The van der Waals surface area contributed by atoms with Crippen molar-refractivity contribution in [3.63, 3.8) is 0 Å². The van der Waals surface area contributed by atoms with Crippen LogP contribution in [0.2, 0.25) is 0 Å². The third-order valence-corrected chi connectivity index (χ3v) is 4.10. The summed E-state index contributed by atoms with van der Waals surface area (Å²) in [4.78, 5) is 0. The molecule has 2 nitrogen and oxygen atoms in total. The van der Waals surface area contributed by atoms with Crippen LogP contribution in [0.25, 0.3) is 0 Å². The molecule has 2 aliphatic rings. The molecule has 4 N–H and O–H groups in total. The fraction of sp³-hybridized carbons (Fsp3) is 1.00. The molecule has 0 bridgehead atoms. The summed E-state index contributed by atoms with van der Waals surface area (Å²) in [6.07, 6.45) is 20.5. The van der Waals surface area contributed by atoms with Gasteiger partial charge in [0.1, 0.15) is 0 Å². The second-order valence-electron chi connectivity index (χ2n) is 7.03. The molecule has 26 heavy (non-hydrogen) atoms. The van der Waals surface area contributed by atoms with Crippen molar-refractivity contribution < 1.29 is 0 Å². The zero-order chi connectivity index (χ0) is 20.9. The van der Waals surface area contributed by atoms with Gasteiger partial charge in [-0.3, -0.25) is 0 Å². The molecule has 0 amide bonds. The third-order valence-electron chi connectivity index (χ3n) is 4.10. The molecular weight excluding hydrogens is 316 g/mol. The van der Waals surface area contributed by atoms with Crippen LogP contribution < -0.4 is 11.5 Å². The van der Waals surface area contributed by atoms with Gasteiger partial charge < -0.3 is 11.5 Å². The lowest BCUT2D eigenvalue weighted by molar-refractivity contribution is 0.385. The van der Waals surface area contributed by atoms with Crippen LogP contribution in [0.3, 0.4) is 0 Å². The lowest BCUT2D eigenvalue weighted by atomic mass is 9.91. The van der Waals surface area contributed by atoms with Crippen molar-refractivity contribution in [3.8, 4) is 0 Å². The summed E-state index contributed by atoms with van der Waals surface area (Å²) in [6.45, 7) is 16.1. The summed E-state index contributed by atoms with van der Waals surface area (Å²) in [5.74, 6) is 1.04. The zero-order valence-corrected chi connectivity index (χ0v) is 20.0. The molecule has 0 unspecified atom stereocenters. The van der Waals surface area contributed by atoms with E-state index in [4.69, 9.17) is 11.5 Å². The van der Waals surface area contributed by atoms with E-state index < -0.39 is 0 Å². The van der Waals surface area contributed by atoms with Gasteiger partial charge in [-0.05, 0) is 19.0 Å². The van der Waals surface area contributed by atoms with E-state index in [0.717, 1.165) is 19.0 Å². The first-order valence-corrected chi connectivity index (χ1v) is 12.0. The number of hydrogen-bond acceptors (Lipinski definition) is 2. The van der Waals surface area contributed by atoms with Crippen molar-refractivity contribution in [3.05, 3.63) is 0 Å². The van der Waals surface area contributed by atoms with Gasteiger partial charge in [0.05, 0.1) is 0 Å². The number of hydrogen-bond donors (Lipinski definition) is 2. The Morgan fingerprint density at radius 2 is 0.808 bits per heavy atom. The molecular formula is C24H58N2. The maximum atomic E-state index is 4.85. The van der Waals surface area contributed by atoms with E-state index in [0.29, 0.717) is 0 Å². The van der Waals surface area contributed by atoms with Crippen LogP contribution >= 0.6 is 0 Å². The Balaban J connectivity index is -0.000000118. The monoisotopic (exact) mass is 374 g/mol. The number of rotatable bonds is 2. The Morgan fingerprint density at radius 3 is 0.923 bits per heavy atom. The lowest BCUT2D eigenvalue weighted by Crippen LogP contribution is -1.99. The van der Waals surface area contributed by atoms with Crippen LogP contribution in [0, 0.1) is 5.92 Å². The van der Waals surface area contributed by atoms with Gasteiger partial charge in [0.15, 0.2) is 0 Å². The van der Waals surface area contributed by atoms with Gasteiger partial charge in [-0.25, -0.2) is 0 Å². The average Bonchev–Trinajstić information content (AvgIpc) is 2.68. The molecule has 0 saturated heterocycles. The first-order valence-electron chi connectivity index (χ1n) is 12.0. The molecule has 0 aliphatic heterocycles. The summed E-state index contributed by atoms with van der Waals surface area (Å²) >= 11 is 0. The zero-order valence-electron chi connectivity index (χ0n) is 20.0. The molecule has 0 aromatic heterocycles. The van der Waals surface area contributed by atoms with Gasteiger partial charge in [-0.15, -0.1) is 0 Å². The van der Waals surface area contributed by atoms with E-state index in [-0.39, 0.29) is 0 Å². The summed E-state index contributed by atoms with van der Waals surface area (Å²) in [5, 5.41) is 0. The van der Waals surface area contributed by atoms with Crippen LogP contribution in [-0.2, 0) is 0 Å². The molecule has 0 radical (unpaired) electrons. The van der Waals surface area contributed by atoms with E-state index in [2.05, 4.69) is 20.8 Å². The Labute approximate surface area is 169 Å². The van der Waals surface area contributed by atoms with E-state index in [1.807, 2.05) is 27.7 Å². The van der Waals surface area contributed by atoms with E-state index in [9.17, 15) is 0 Å². The van der Waals surface area contributed by atoms with Gasteiger partial charge in [-0.2, -0.15) is 0 Å². The minimum absolute atomic E-state index is 0.750. The molecule has 2 saturated carbocycles. The SMILES string of the molecule is C1CCCCC1.CC.CC1CCCCC1.CCCCC.CCN.CCN. The highest BCUT2D eigenvalue weighted by molar-refractivity contribution is 4.59. The predicted octanol–water partition coefficient (Wildman–Crippen LogP) is 8.08. The van der Waals surface area contributed by atoms with Crippen molar-refractivity contribution in [2.45, 2.75) is 138 Å². The number of unbranched alkanes of at least 4 members (excludes halogenated alkanes) is 2. The van der Waals surface area contributed by atoms with E-state index >= 15 is 0 Å². The molecule has 2 aliphatic carbocycles. The fourth-order valence-corrected chi connectivity index (χ4v) is 2.72. The second kappa shape index (κ2) is 39.8. The average molecular weight is 375 g/mol. The first-order chi connectivity index (χ1) is 12.6. The van der Waals surface area contributed by atoms with Gasteiger partial charge >= 0.3 is 0 Å². The molecule has 2 fully saturated rings. The summed E-state index contributed by atoms with van der Waals surface area (Å²) in [7, 11) is 0. The van der Waals surface area contributed by atoms with E-state index in [1.54, 1.807) is 0 Å². The van der Waals surface area contributed by atoms with Crippen molar-refractivity contribution in [2.24, 2.45) is 17.4 Å². The van der Waals surface area contributed by atoms with Gasteiger partial charge in [-0.1, -0.05) is 138 Å². The molecule has 0 heterocycles. The smallest absolute Gasteiger partial charge is 0.0106 e. The number of nitrogens with two attached hydrogens (primary N) is 2. The van der Waals surface area contributed by atoms with Crippen molar-refractivity contribution in [1.82, 2.24) is 0 Å². The Kier molecular flexibility index (Phi) is 51.3. The Hall–Kier alpha value is -0.0800. The largest absolute Gasteiger partial charge is 0.331 e. The highest BCUT2D eigenvalue weighted by Crippen LogP contribution is 2.22. The van der Waals surface area contributed by atoms with Gasteiger partial charge in [0.2, 0.25) is 0 Å². The van der Waals surface area contributed by atoms with Gasteiger partial charge in [0, 0.05) is 0 Å². The highest BCUT2D eigenvalue weighted by Gasteiger charge is 2.05. The highest BCUT2D eigenvalue weighted by atomic mass is 14.5. The standard InChI is InChI=1S/C7H14.C6H12.C5H12.2C2H7N.C2H6/c1-7-5-3-2-4-6-7;1-2-4-6-5-3-1;1-3-5-4-2;2*1-2-3;1-2/h7H,2-6H2,1H3;1-6H2;3-5H2,1-2H3;2*2-3H2,1H3;1-2H3. The predicted molar refractivity (Wildman–Crippen MR) is 126 cm³/mol. The minimum atomic E-state index is 0.750. The maximum Gasteiger partial charge on any atom is -0.0106 e.